The Morgan fingerprint density at radius 3 is 2.33 bits per heavy atom. The van der Waals surface area contributed by atoms with Crippen LogP contribution in [0.5, 0.6) is 0 Å². The summed E-state index contributed by atoms with van der Waals surface area (Å²) in [5.41, 5.74) is 3.13. The minimum absolute atomic E-state index is 0.278. The summed E-state index contributed by atoms with van der Waals surface area (Å²) in [6.07, 6.45) is 1.14. The minimum Gasteiger partial charge on any atom is -0.368 e. The van der Waals surface area contributed by atoms with Crippen molar-refractivity contribution in [3.63, 3.8) is 0 Å². The Morgan fingerprint density at radius 1 is 1.11 bits per heavy atom. The van der Waals surface area contributed by atoms with Crippen LogP contribution in [-0.2, 0) is 0 Å². The first-order valence-electron chi connectivity index (χ1n) is 6.49. The Hall–Kier alpha value is -1.64. The lowest BCUT2D eigenvalue weighted by molar-refractivity contribution is 0.376. The maximum Gasteiger partial charge on any atom is 0.148 e. The second-order valence-corrected chi connectivity index (χ2v) is 5.52. The summed E-state index contributed by atoms with van der Waals surface area (Å²) < 4.78 is 0. The number of aromatic nitrogens is 2. The zero-order valence-corrected chi connectivity index (χ0v) is 11.6. The normalized spacial score (nSPS) is 11.8. The van der Waals surface area contributed by atoms with E-state index in [0.717, 1.165) is 35.5 Å². The van der Waals surface area contributed by atoms with Crippen LogP contribution < -0.4 is 5.32 Å². The summed E-state index contributed by atoms with van der Waals surface area (Å²) in [7, 11) is 0. The Morgan fingerprint density at radius 2 is 1.72 bits per heavy atom. The lowest BCUT2D eigenvalue weighted by Gasteiger charge is -2.23. The lowest BCUT2D eigenvalue weighted by atomic mass is 9.90. The van der Waals surface area contributed by atoms with E-state index in [-0.39, 0.29) is 5.41 Å². The molecule has 0 atom stereocenters. The van der Waals surface area contributed by atoms with Crippen LogP contribution in [0, 0.1) is 12.3 Å². The fourth-order valence-electron chi connectivity index (χ4n) is 1.70. The van der Waals surface area contributed by atoms with E-state index in [0.29, 0.717) is 0 Å². The van der Waals surface area contributed by atoms with Gasteiger partial charge in [0.25, 0.3) is 0 Å². The monoisotopic (exact) mass is 243 g/mol. The van der Waals surface area contributed by atoms with Crippen LogP contribution in [-0.4, -0.2) is 16.5 Å². The number of para-hydroxylation sites is 2. The standard InChI is InChI=1S/C15H21N3/c1-5-15(3,4)10-16-14-11(2)17-12-8-6-7-9-13(12)18-14/h6-9H,5,10H2,1-4H3,(H,16,18). The number of aryl methyl sites for hydroxylation is 1. The number of fused-ring (bicyclic) bond motifs is 1. The zero-order chi connectivity index (χ0) is 13.2. The fourth-order valence-corrected chi connectivity index (χ4v) is 1.70. The number of hydrogen-bond donors (Lipinski definition) is 1. The smallest absolute Gasteiger partial charge is 0.148 e. The number of benzene rings is 1. The van der Waals surface area contributed by atoms with Gasteiger partial charge in [0.2, 0.25) is 0 Å². The molecule has 0 aliphatic heterocycles. The van der Waals surface area contributed by atoms with E-state index >= 15 is 0 Å². The minimum atomic E-state index is 0.278. The Kier molecular flexibility index (Phi) is 3.50. The molecule has 0 aliphatic rings. The molecule has 2 rings (SSSR count). The summed E-state index contributed by atoms with van der Waals surface area (Å²) in [5.74, 6) is 0.898. The molecule has 0 bridgehead atoms. The average Bonchev–Trinajstić information content (AvgIpc) is 2.36. The highest BCUT2D eigenvalue weighted by Crippen LogP contribution is 2.22. The number of anilines is 1. The van der Waals surface area contributed by atoms with Gasteiger partial charge < -0.3 is 5.32 Å². The highest BCUT2D eigenvalue weighted by atomic mass is 15.0. The van der Waals surface area contributed by atoms with Crippen LogP contribution in [0.1, 0.15) is 32.9 Å². The van der Waals surface area contributed by atoms with Crippen molar-refractivity contribution in [2.24, 2.45) is 5.41 Å². The van der Waals surface area contributed by atoms with Gasteiger partial charge in [-0.25, -0.2) is 9.97 Å². The van der Waals surface area contributed by atoms with Crippen molar-refractivity contribution >= 4 is 16.9 Å². The van der Waals surface area contributed by atoms with Gasteiger partial charge in [-0.05, 0) is 30.9 Å². The van der Waals surface area contributed by atoms with Gasteiger partial charge in [-0.1, -0.05) is 32.9 Å². The third-order valence-corrected chi connectivity index (χ3v) is 3.44. The summed E-state index contributed by atoms with van der Waals surface area (Å²) in [6, 6.07) is 7.98. The van der Waals surface area contributed by atoms with Crippen molar-refractivity contribution in [2.75, 3.05) is 11.9 Å². The van der Waals surface area contributed by atoms with Crippen LogP contribution in [0.4, 0.5) is 5.82 Å². The molecule has 0 saturated heterocycles. The van der Waals surface area contributed by atoms with Gasteiger partial charge in [-0.15, -0.1) is 0 Å². The fraction of sp³-hybridized carbons (Fsp3) is 0.467. The maximum atomic E-state index is 4.64. The Labute approximate surface area is 109 Å². The molecule has 2 aromatic rings. The summed E-state index contributed by atoms with van der Waals surface area (Å²) in [5, 5.41) is 3.42. The summed E-state index contributed by atoms with van der Waals surface area (Å²) in [6.45, 7) is 9.63. The first-order valence-corrected chi connectivity index (χ1v) is 6.49. The third kappa shape index (κ3) is 2.78. The molecule has 1 aromatic carbocycles. The molecule has 1 N–H and O–H groups in total. The SMILES string of the molecule is CCC(C)(C)CNc1nc2ccccc2nc1C. The summed E-state index contributed by atoms with van der Waals surface area (Å²) in [4.78, 5) is 9.22. The molecule has 0 aliphatic carbocycles. The van der Waals surface area contributed by atoms with Crippen LogP contribution in [0.25, 0.3) is 11.0 Å². The van der Waals surface area contributed by atoms with Gasteiger partial charge in [0, 0.05) is 6.54 Å². The van der Waals surface area contributed by atoms with Gasteiger partial charge in [0.05, 0.1) is 16.7 Å². The van der Waals surface area contributed by atoms with E-state index in [1.807, 2.05) is 31.2 Å². The van der Waals surface area contributed by atoms with Crippen LogP contribution in [0.3, 0.4) is 0 Å². The molecule has 0 unspecified atom stereocenters. The van der Waals surface area contributed by atoms with E-state index in [1.54, 1.807) is 0 Å². The molecule has 96 valence electrons. The maximum absolute atomic E-state index is 4.64. The summed E-state index contributed by atoms with van der Waals surface area (Å²) >= 11 is 0. The van der Waals surface area contributed by atoms with Crippen LogP contribution >= 0.6 is 0 Å². The van der Waals surface area contributed by atoms with Crippen LogP contribution in [0.15, 0.2) is 24.3 Å². The average molecular weight is 243 g/mol. The van der Waals surface area contributed by atoms with Crippen molar-refractivity contribution in [3.8, 4) is 0 Å². The second kappa shape index (κ2) is 4.92. The number of nitrogens with zero attached hydrogens (tertiary/aromatic N) is 2. The van der Waals surface area contributed by atoms with Gasteiger partial charge >= 0.3 is 0 Å². The van der Waals surface area contributed by atoms with E-state index < -0.39 is 0 Å². The third-order valence-electron chi connectivity index (χ3n) is 3.44. The van der Waals surface area contributed by atoms with Crippen molar-refractivity contribution < 1.29 is 0 Å². The Bertz CT molecular complexity index is 546. The molecular formula is C15H21N3. The molecule has 0 spiro atoms. The molecule has 3 nitrogen and oxygen atoms in total. The number of rotatable bonds is 4. The second-order valence-electron chi connectivity index (χ2n) is 5.52. The molecule has 0 amide bonds. The van der Waals surface area contributed by atoms with E-state index in [4.69, 9.17) is 0 Å². The topological polar surface area (TPSA) is 37.8 Å². The van der Waals surface area contributed by atoms with E-state index in [1.165, 1.54) is 0 Å². The molecule has 3 heteroatoms. The largest absolute Gasteiger partial charge is 0.368 e. The predicted molar refractivity (Wildman–Crippen MR) is 76.8 cm³/mol. The lowest BCUT2D eigenvalue weighted by Crippen LogP contribution is -2.23. The molecule has 18 heavy (non-hydrogen) atoms. The van der Waals surface area contributed by atoms with Crippen molar-refractivity contribution in [3.05, 3.63) is 30.0 Å². The van der Waals surface area contributed by atoms with E-state index in [9.17, 15) is 0 Å². The predicted octanol–water partition coefficient (Wildman–Crippen LogP) is 3.79. The van der Waals surface area contributed by atoms with Crippen molar-refractivity contribution in [2.45, 2.75) is 34.1 Å². The van der Waals surface area contributed by atoms with Gasteiger partial charge in [-0.2, -0.15) is 0 Å². The Balaban J connectivity index is 2.25. The van der Waals surface area contributed by atoms with Crippen molar-refractivity contribution in [1.29, 1.82) is 0 Å². The number of hydrogen-bond acceptors (Lipinski definition) is 3. The zero-order valence-electron chi connectivity index (χ0n) is 11.6. The molecule has 1 aromatic heterocycles. The highest BCUT2D eigenvalue weighted by Gasteiger charge is 2.15. The van der Waals surface area contributed by atoms with E-state index in [2.05, 4.69) is 36.1 Å². The molecule has 0 saturated carbocycles. The first-order chi connectivity index (χ1) is 8.52. The highest BCUT2D eigenvalue weighted by molar-refractivity contribution is 5.76. The number of nitrogens with one attached hydrogen (secondary N) is 1. The van der Waals surface area contributed by atoms with Gasteiger partial charge in [-0.3, -0.25) is 0 Å². The molecular weight excluding hydrogens is 222 g/mol. The van der Waals surface area contributed by atoms with Gasteiger partial charge in [0.15, 0.2) is 0 Å². The van der Waals surface area contributed by atoms with Gasteiger partial charge in [0.1, 0.15) is 5.82 Å². The van der Waals surface area contributed by atoms with Crippen molar-refractivity contribution in [1.82, 2.24) is 9.97 Å². The van der Waals surface area contributed by atoms with Crippen LogP contribution in [0.2, 0.25) is 0 Å². The quantitative estimate of drug-likeness (QED) is 0.887. The molecule has 0 radical (unpaired) electrons. The first kappa shape index (κ1) is 12.8. The molecule has 1 heterocycles. The molecule has 0 fully saturated rings.